The molecule has 3 rings (SSSR count). The van der Waals surface area contributed by atoms with Crippen molar-refractivity contribution < 1.29 is 0 Å². The Morgan fingerprint density at radius 3 is 2.74 bits per heavy atom. The van der Waals surface area contributed by atoms with Crippen molar-refractivity contribution in [3.8, 4) is 6.07 Å². The fourth-order valence-electron chi connectivity index (χ4n) is 2.31. The lowest BCUT2D eigenvalue weighted by Crippen LogP contribution is -2.23. The maximum Gasteiger partial charge on any atom is 0.133 e. The predicted molar refractivity (Wildman–Crippen MR) is 75.6 cm³/mol. The molecule has 0 saturated heterocycles. The molecule has 0 fully saturated rings. The number of fused-ring (bicyclic) bond motifs is 1. The van der Waals surface area contributed by atoms with Gasteiger partial charge in [0.15, 0.2) is 0 Å². The molecule has 4 heteroatoms. The number of hydrogen-bond acceptors (Lipinski definition) is 2. The molecule has 1 aliphatic rings. The summed E-state index contributed by atoms with van der Waals surface area (Å²) in [5, 5.41) is 18.0. The second-order valence-corrected chi connectivity index (χ2v) is 4.80. The Hall–Kier alpha value is -2.31. The van der Waals surface area contributed by atoms with Crippen LogP contribution in [0.25, 0.3) is 0 Å². The SMILES string of the molecule is N#Cc1ccc(Cl)cc1N1Cc2ccccc2C1=N. The highest BCUT2D eigenvalue weighted by Gasteiger charge is 2.26. The van der Waals surface area contributed by atoms with Gasteiger partial charge in [0.1, 0.15) is 11.9 Å². The zero-order valence-electron chi connectivity index (χ0n) is 10.0. The van der Waals surface area contributed by atoms with Gasteiger partial charge >= 0.3 is 0 Å². The van der Waals surface area contributed by atoms with Crippen LogP contribution in [0.2, 0.25) is 5.02 Å². The quantitative estimate of drug-likeness (QED) is 0.859. The van der Waals surface area contributed by atoms with Crippen LogP contribution >= 0.6 is 11.6 Å². The van der Waals surface area contributed by atoms with Crippen molar-refractivity contribution in [3.05, 3.63) is 64.2 Å². The van der Waals surface area contributed by atoms with Crippen LogP contribution in [0.1, 0.15) is 16.7 Å². The first-order chi connectivity index (χ1) is 9.20. The van der Waals surface area contributed by atoms with Crippen LogP contribution in [-0.4, -0.2) is 5.84 Å². The van der Waals surface area contributed by atoms with Gasteiger partial charge in [-0.3, -0.25) is 5.41 Å². The lowest BCUT2D eigenvalue weighted by atomic mass is 10.1. The van der Waals surface area contributed by atoms with Gasteiger partial charge in [-0.2, -0.15) is 5.26 Å². The number of nitrogens with zero attached hydrogens (tertiary/aromatic N) is 2. The van der Waals surface area contributed by atoms with Gasteiger partial charge in [0.2, 0.25) is 0 Å². The third-order valence-electron chi connectivity index (χ3n) is 3.24. The Morgan fingerprint density at radius 1 is 1.21 bits per heavy atom. The first-order valence-electron chi connectivity index (χ1n) is 5.84. The monoisotopic (exact) mass is 267 g/mol. The Labute approximate surface area is 116 Å². The summed E-state index contributed by atoms with van der Waals surface area (Å²) in [7, 11) is 0. The number of anilines is 1. The number of nitriles is 1. The lowest BCUT2D eigenvalue weighted by Gasteiger charge is -2.19. The summed E-state index contributed by atoms with van der Waals surface area (Å²) in [4.78, 5) is 1.81. The third kappa shape index (κ3) is 1.87. The van der Waals surface area contributed by atoms with Gasteiger partial charge in [-0.15, -0.1) is 0 Å². The minimum atomic E-state index is 0.411. The summed E-state index contributed by atoms with van der Waals surface area (Å²) in [5.41, 5.74) is 3.22. The molecule has 0 radical (unpaired) electrons. The van der Waals surface area contributed by atoms with Crippen molar-refractivity contribution in [3.63, 3.8) is 0 Å². The standard InChI is InChI=1S/C15H10ClN3/c16-12-6-5-10(8-17)14(7-12)19-9-11-3-1-2-4-13(11)15(19)18/h1-7,18H,9H2. The number of benzene rings is 2. The first kappa shape index (κ1) is 11.8. The van der Waals surface area contributed by atoms with E-state index in [0.717, 1.165) is 11.1 Å². The van der Waals surface area contributed by atoms with Crippen molar-refractivity contribution in [1.82, 2.24) is 0 Å². The zero-order chi connectivity index (χ0) is 13.4. The second kappa shape index (κ2) is 4.42. The topological polar surface area (TPSA) is 50.9 Å². The molecule has 19 heavy (non-hydrogen) atoms. The largest absolute Gasteiger partial charge is 0.321 e. The summed E-state index contributed by atoms with van der Waals surface area (Å²) in [5.74, 6) is 0.411. The van der Waals surface area contributed by atoms with Crippen molar-refractivity contribution >= 4 is 23.1 Å². The van der Waals surface area contributed by atoms with E-state index in [0.29, 0.717) is 28.7 Å². The number of nitrogens with one attached hydrogen (secondary N) is 1. The van der Waals surface area contributed by atoms with E-state index >= 15 is 0 Å². The average Bonchev–Trinajstić information content (AvgIpc) is 2.76. The van der Waals surface area contributed by atoms with Crippen LogP contribution in [0.3, 0.4) is 0 Å². The maximum atomic E-state index is 9.18. The highest BCUT2D eigenvalue weighted by Crippen LogP contribution is 2.32. The molecular formula is C15H10ClN3. The summed E-state index contributed by atoms with van der Waals surface area (Å²) >= 11 is 6.00. The molecule has 2 aromatic carbocycles. The Bertz CT molecular complexity index is 716. The number of rotatable bonds is 1. The van der Waals surface area contributed by atoms with Gasteiger partial charge in [-0.1, -0.05) is 35.9 Å². The van der Waals surface area contributed by atoms with Crippen LogP contribution in [0, 0.1) is 16.7 Å². The maximum absolute atomic E-state index is 9.18. The summed E-state index contributed by atoms with van der Waals surface area (Å²) in [6.45, 7) is 0.601. The van der Waals surface area contributed by atoms with E-state index in [1.165, 1.54) is 0 Å². The fourth-order valence-corrected chi connectivity index (χ4v) is 2.48. The predicted octanol–water partition coefficient (Wildman–Crippen LogP) is 3.56. The molecular weight excluding hydrogens is 258 g/mol. The van der Waals surface area contributed by atoms with E-state index in [9.17, 15) is 5.26 Å². The van der Waals surface area contributed by atoms with Crippen LogP contribution in [0.4, 0.5) is 5.69 Å². The molecule has 0 bridgehead atoms. The molecule has 0 amide bonds. The van der Waals surface area contributed by atoms with E-state index in [2.05, 4.69) is 6.07 Å². The molecule has 0 unspecified atom stereocenters. The van der Waals surface area contributed by atoms with Crippen molar-refractivity contribution in [2.24, 2.45) is 0 Å². The van der Waals surface area contributed by atoms with E-state index in [1.54, 1.807) is 18.2 Å². The van der Waals surface area contributed by atoms with Gasteiger partial charge in [0.25, 0.3) is 0 Å². The smallest absolute Gasteiger partial charge is 0.133 e. The van der Waals surface area contributed by atoms with E-state index < -0.39 is 0 Å². The fraction of sp³-hybridized carbons (Fsp3) is 0.0667. The summed E-state index contributed by atoms with van der Waals surface area (Å²) < 4.78 is 0. The van der Waals surface area contributed by atoms with E-state index in [4.69, 9.17) is 17.0 Å². The van der Waals surface area contributed by atoms with Crippen LogP contribution in [0.5, 0.6) is 0 Å². The lowest BCUT2D eigenvalue weighted by molar-refractivity contribution is 1.04. The Kier molecular flexibility index (Phi) is 2.73. The average molecular weight is 268 g/mol. The van der Waals surface area contributed by atoms with Crippen LogP contribution in [0.15, 0.2) is 42.5 Å². The molecule has 0 saturated carbocycles. The molecule has 2 aromatic rings. The number of amidine groups is 1. The Balaban J connectivity index is 2.10. The highest BCUT2D eigenvalue weighted by atomic mass is 35.5. The van der Waals surface area contributed by atoms with Gasteiger partial charge in [-0.05, 0) is 23.8 Å². The molecule has 3 nitrogen and oxygen atoms in total. The van der Waals surface area contributed by atoms with Crippen molar-refractivity contribution in [2.75, 3.05) is 4.90 Å². The molecule has 1 N–H and O–H groups in total. The normalized spacial score (nSPS) is 13.3. The number of hydrogen-bond donors (Lipinski definition) is 1. The van der Waals surface area contributed by atoms with Crippen molar-refractivity contribution in [2.45, 2.75) is 6.54 Å². The molecule has 0 aromatic heterocycles. The van der Waals surface area contributed by atoms with Crippen molar-refractivity contribution in [1.29, 1.82) is 10.7 Å². The first-order valence-corrected chi connectivity index (χ1v) is 6.22. The van der Waals surface area contributed by atoms with Gasteiger partial charge in [0.05, 0.1) is 17.8 Å². The van der Waals surface area contributed by atoms with Gasteiger partial charge < -0.3 is 4.90 Å². The second-order valence-electron chi connectivity index (χ2n) is 4.37. The molecule has 0 aliphatic carbocycles. The molecule has 0 spiro atoms. The molecule has 1 heterocycles. The minimum Gasteiger partial charge on any atom is -0.321 e. The van der Waals surface area contributed by atoms with E-state index in [-0.39, 0.29) is 0 Å². The summed E-state index contributed by atoms with van der Waals surface area (Å²) in [6.07, 6.45) is 0. The summed E-state index contributed by atoms with van der Waals surface area (Å²) in [6, 6.07) is 15.1. The van der Waals surface area contributed by atoms with Gasteiger partial charge in [-0.25, -0.2) is 0 Å². The zero-order valence-corrected chi connectivity index (χ0v) is 10.8. The molecule has 0 atom stereocenters. The molecule has 92 valence electrons. The Morgan fingerprint density at radius 2 is 2.00 bits per heavy atom. The highest BCUT2D eigenvalue weighted by molar-refractivity contribution is 6.31. The van der Waals surface area contributed by atoms with Gasteiger partial charge in [0, 0.05) is 10.6 Å². The third-order valence-corrected chi connectivity index (χ3v) is 3.48. The van der Waals surface area contributed by atoms with E-state index in [1.807, 2.05) is 29.2 Å². The number of halogens is 1. The van der Waals surface area contributed by atoms with Crippen LogP contribution in [-0.2, 0) is 6.54 Å². The minimum absolute atomic E-state index is 0.411. The van der Waals surface area contributed by atoms with Crippen LogP contribution < -0.4 is 4.90 Å². The molecule has 1 aliphatic heterocycles.